The summed E-state index contributed by atoms with van der Waals surface area (Å²) in [5, 5.41) is 8.45. The van der Waals surface area contributed by atoms with E-state index in [9.17, 15) is 0 Å². The van der Waals surface area contributed by atoms with Crippen molar-refractivity contribution < 1.29 is 0 Å². The summed E-state index contributed by atoms with van der Waals surface area (Å²) in [6.45, 7) is 0. The fraction of sp³-hybridized carbons (Fsp3) is 0. The Hall–Kier alpha value is -1.44. The first-order chi connectivity index (χ1) is 4.97. The predicted molar refractivity (Wildman–Crippen MR) is 37.2 cm³/mol. The van der Waals surface area contributed by atoms with Crippen LogP contribution in [0.25, 0.3) is 10.9 Å². The second-order valence-electron chi connectivity index (χ2n) is 1.95. The fourth-order valence-electron chi connectivity index (χ4n) is 0.821. The third kappa shape index (κ3) is 0.739. The van der Waals surface area contributed by atoms with Gasteiger partial charge in [0.05, 0.1) is 0 Å². The van der Waals surface area contributed by atoms with Crippen LogP contribution in [0, 0.1) is 12.3 Å². The van der Waals surface area contributed by atoms with Crippen LogP contribution in [0.15, 0.2) is 24.3 Å². The summed E-state index contributed by atoms with van der Waals surface area (Å²) in [5.74, 6) is 0. The summed E-state index contributed by atoms with van der Waals surface area (Å²) in [4.78, 5) is 0. The van der Waals surface area contributed by atoms with Gasteiger partial charge < -0.3 is 0 Å². The number of fused-ring (bicyclic) bond motifs is 1. The van der Waals surface area contributed by atoms with Gasteiger partial charge in [0.25, 0.3) is 0 Å². The van der Waals surface area contributed by atoms with Crippen LogP contribution in [0.3, 0.4) is 0 Å². The van der Waals surface area contributed by atoms with Crippen molar-refractivity contribution in [2.75, 3.05) is 0 Å². The van der Waals surface area contributed by atoms with Gasteiger partial charge in [0.15, 0.2) is 0 Å². The average Bonchev–Trinajstić information content (AvgIpc) is 2.05. The van der Waals surface area contributed by atoms with E-state index in [4.69, 9.17) is 0 Å². The van der Waals surface area contributed by atoms with E-state index in [1.54, 1.807) is 6.07 Å². The monoisotopic (exact) mass is 128 g/mol. The molecular formula is C8H4N2. The first-order valence-corrected chi connectivity index (χ1v) is 2.97. The van der Waals surface area contributed by atoms with Gasteiger partial charge in [0, 0.05) is 11.5 Å². The Morgan fingerprint density at radius 1 is 1.40 bits per heavy atom. The molecule has 2 radical (unpaired) electrons. The maximum Gasteiger partial charge on any atom is 0.114 e. The normalized spacial score (nSPS) is 10.0. The lowest BCUT2D eigenvalue weighted by Crippen LogP contribution is -1.80. The van der Waals surface area contributed by atoms with Crippen LogP contribution in [0.2, 0.25) is 0 Å². The fourth-order valence-corrected chi connectivity index (χ4v) is 0.821. The molecule has 0 saturated carbocycles. The molecule has 0 aliphatic rings. The van der Waals surface area contributed by atoms with Gasteiger partial charge in [-0.1, -0.05) is 18.2 Å². The molecule has 0 atom stereocenters. The highest BCUT2D eigenvalue weighted by molar-refractivity contribution is 5.76. The molecule has 1 heterocycles. The number of hydrogen-bond donors (Lipinski definition) is 0. The second kappa shape index (κ2) is 2.06. The van der Waals surface area contributed by atoms with Gasteiger partial charge in [-0.3, -0.25) is 0 Å². The Kier molecular flexibility index (Phi) is 1.10. The molecule has 0 saturated heterocycles. The minimum atomic E-state index is 0.793. The Labute approximate surface area is 58.5 Å². The van der Waals surface area contributed by atoms with Crippen LogP contribution in [-0.4, -0.2) is 10.2 Å². The largest absolute Gasteiger partial charge is 0.149 e. The molecule has 0 aliphatic heterocycles. The van der Waals surface area contributed by atoms with Crippen LogP contribution in [0.4, 0.5) is 0 Å². The topological polar surface area (TPSA) is 25.8 Å². The molecule has 0 amide bonds. The molecule has 0 spiro atoms. The highest BCUT2D eigenvalue weighted by atomic mass is 15.1. The number of rotatable bonds is 0. The zero-order valence-corrected chi connectivity index (χ0v) is 5.20. The van der Waals surface area contributed by atoms with E-state index in [0.29, 0.717) is 0 Å². The second-order valence-corrected chi connectivity index (χ2v) is 1.95. The third-order valence-corrected chi connectivity index (χ3v) is 1.29. The zero-order chi connectivity index (χ0) is 6.81. The summed E-state index contributed by atoms with van der Waals surface area (Å²) < 4.78 is 0. The molecule has 10 heavy (non-hydrogen) atoms. The highest BCUT2D eigenvalue weighted by Gasteiger charge is 1.89. The first kappa shape index (κ1) is 5.35. The Bertz CT molecular complexity index is 278. The maximum atomic E-state index is 3.82. The molecule has 2 nitrogen and oxygen atoms in total. The van der Waals surface area contributed by atoms with E-state index in [1.165, 1.54) is 0 Å². The van der Waals surface area contributed by atoms with Crippen molar-refractivity contribution >= 4 is 10.9 Å². The van der Waals surface area contributed by atoms with Crippen molar-refractivity contribution in [3.05, 3.63) is 36.5 Å². The summed E-state index contributed by atoms with van der Waals surface area (Å²) in [5.41, 5.74) is 0.793. The lowest BCUT2D eigenvalue weighted by molar-refractivity contribution is 1.07. The van der Waals surface area contributed by atoms with Crippen LogP contribution >= 0.6 is 0 Å². The van der Waals surface area contributed by atoms with Gasteiger partial charge in [-0.2, -0.15) is 0 Å². The van der Waals surface area contributed by atoms with Crippen LogP contribution in [0.5, 0.6) is 0 Å². The van der Waals surface area contributed by atoms with Crippen LogP contribution < -0.4 is 0 Å². The third-order valence-electron chi connectivity index (χ3n) is 1.29. The van der Waals surface area contributed by atoms with Crippen molar-refractivity contribution in [3.8, 4) is 0 Å². The molecule has 0 aliphatic carbocycles. The van der Waals surface area contributed by atoms with Crippen LogP contribution in [0.1, 0.15) is 0 Å². The predicted octanol–water partition coefficient (Wildman–Crippen LogP) is 1.23. The molecule has 0 unspecified atom stereocenters. The Morgan fingerprint density at radius 3 is 3.30 bits per heavy atom. The molecule has 2 rings (SSSR count). The van der Waals surface area contributed by atoms with E-state index in [1.807, 2.05) is 18.2 Å². The molecule has 46 valence electrons. The number of benzene rings is 1. The van der Waals surface area contributed by atoms with E-state index in [2.05, 4.69) is 22.5 Å². The molecule has 2 aromatic rings. The van der Waals surface area contributed by atoms with Crippen molar-refractivity contribution in [2.24, 2.45) is 0 Å². The summed E-state index contributed by atoms with van der Waals surface area (Å²) >= 11 is 0. The smallest absolute Gasteiger partial charge is 0.114 e. The van der Waals surface area contributed by atoms with E-state index < -0.39 is 0 Å². The molecule has 1 aromatic carbocycles. The van der Waals surface area contributed by atoms with Crippen molar-refractivity contribution in [3.63, 3.8) is 0 Å². The van der Waals surface area contributed by atoms with E-state index >= 15 is 0 Å². The van der Waals surface area contributed by atoms with Crippen molar-refractivity contribution in [1.29, 1.82) is 0 Å². The number of nitrogens with zero attached hydrogens (tertiary/aromatic N) is 2. The zero-order valence-electron chi connectivity index (χ0n) is 5.20. The Balaban J connectivity index is 2.89. The van der Waals surface area contributed by atoms with Gasteiger partial charge in [-0.05, 0) is 6.07 Å². The van der Waals surface area contributed by atoms with Gasteiger partial charge in [-0.25, -0.2) is 0 Å². The molecule has 1 aromatic heterocycles. The maximum absolute atomic E-state index is 3.82. The minimum Gasteiger partial charge on any atom is -0.149 e. The van der Waals surface area contributed by atoms with E-state index in [-0.39, 0.29) is 0 Å². The van der Waals surface area contributed by atoms with Gasteiger partial charge >= 0.3 is 0 Å². The summed E-state index contributed by atoms with van der Waals surface area (Å²) in [6, 6.07) is 10.4. The summed E-state index contributed by atoms with van der Waals surface area (Å²) in [6.07, 6.45) is 2.65. The van der Waals surface area contributed by atoms with Crippen molar-refractivity contribution in [2.45, 2.75) is 0 Å². The standard InChI is InChI=1S/C8H4N2/c1-2-4-8-7(3-1)5-6-9-10-8/h1-3,5H. The molecule has 2 heteroatoms. The summed E-state index contributed by atoms with van der Waals surface area (Å²) in [7, 11) is 0. The number of aromatic nitrogens is 2. The van der Waals surface area contributed by atoms with Crippen LogP contribution in [-0.2, 0) is 0 Å². The number of hydrogen-bond acceptors (Lipinski definition) is 2. The molecule has 0 bridgehead atoms. The van der Waals surface area contributed by atoms with Gasteiger partial charge in [0.1, 0.15) is 11.7 Å². The highest BCUT2D eigenvalue weighted by Crippen LogP contribution is 2.05. The molecule has 0 fully saturated rings. The lowest BCUT2D eigenvalue weighted by atomic mass is 10.2. The minimum absolute atomic E-state index is 0.793. The lowest BCUT2D eigenvalue weighted by Gasteiger charge is -1.89. The quantitative estimate of drug-likeness (QED) is 0.533. The van der Waals surface area contributed by atoms with Gasteiger partial charge in [0.2, 0.25) is 0 Å². The van der Waals surface area contributed by atoms with E-state index in [0.717, 1.165) is 10.9 Å². The average molecular weight is 128 g/mol. The molecular weight excluding hydrogens is 124 g/mol. The van der Waals surface area contributed by atoms with Gasteiger partial charge in [-0.15, -0.1) is 10.2 Å². The Morgan fingerprint density at radius 2 is 2.40 bits per heavy atom. The SMILES string of the molecule is [c]1cc2ccc[c]c2nn1. The van der Waals surface area contributed by atoms with Crippen molar-refractivity contribution in [1.82, 2.24) is 10.2 Å². The molecule has 0 N–H and O–H groups in total. The first-order valence-electron chi connectivity index (χ1n) is 2.97.